The Morgan fingerprint density at radius 3 is 2.50 bits per heavy atom. The molecule has 3 unspecified atom stereocenters. The summed E-state index contributed by atoms with van der Waals surface area (Å²) in [6, 6.07) is 0. The van der Waals surface area contributed by atoms with Crippen LogP contribution >= 0.6 is 0 Å². The van der Waals surface area contributed by atoms with Gasteiger partial charge in [0.1, 0.15) is 6.10 Å². The van der Waals surface area contributed by atoms with Crippen molar-refractivity contribution < 1.29 is 9.92 Å². The first kappa shape index (κ1) is 9.29. The molecule has 1 fully saturated rings. The van der Waals surface area contributed by atoms with E-state index in [1.807, 2.05) is 0 Å². The molecule has 0 saturated heterocycles. The minimum absolute atomic E-state index is 0.161. The van der Waals surface area contributed by atoms with E-state index in [9.17, 15) is 10.1 Å². The predicted octanol–water partition coefficient (Wildman–Crippen LogP) is 2.02. The molecule has 0 N–H and O–H groups in total. The molecule has 0 amide bonds. The third-order valence-electron chi connectivity index (χ3n) is 2.79. The average molecular weight is 173 g/mol. The zero-order valence-corrected chi connectivity index (χ0v) is 7.53. The van der Waals surface area contributed by atoms with Gasteiger partial charge in [0.25, 0.3) is 5.09 Å². The van der Waals surface area contributed by atoms with Crippen LogP contribution in [0.5, 0.6) is 0 Å². The van der Waals surface area contributed by atoms with Gasteiger partial charge in [0, 0.05) is 0 Å². The number of nitrogens with zero attached hydrogens (tertiary/aromatic N) is 1. The smallest absolute Gasteiger partial charge is 0.294 e. The first-order valence-electron chi connectivity index (χ1n) is 4.40. The number of hydrogen-bond donors (Lipinski definition) is 0. The van der Waals surface area contributed by atoms with Gasteiger partial charge in [-0.3, -0.25) is 0 Å². The fourth-order valence-electron chi connectivity index (χ4n) is 1.72. The molecule has 70 valence electrons. The van der Waals surface area contributed by atoms with E-state index >= 15 is 0 Å². The summed E-state index contributed by atoms with van der Waals surface area (Å²) in [4.78, 5) is 14.6. The van der Waals surface area contributed by atoms with Crippen molar-refractivity contribution in [2.24, 2.45) is 11.8 Å². The SMILES string of the molecule is CC1CCC(O[N+](=O)[O-])CC1C. The third-order valence-corrected chi connectivity index (χ3v) is 2.79. The highest BCUT2D eigenvalue weighted by Gasteiger charge is 2.26. The first-order valence-corrected chi connectivity index (χ1v) is 4.40. The zero-order chi connectivity index (χ0) is 9.14. The van der Waals surface area contributed by atoms with E-state index in [0.29, 0.717) is 11.8 Å². The van der Waals surface area contributed by atoms with Crippen LogP contribution < -0.4 is 0 Å². The maximum absolute atomic E-state index is 10.0. The molecule has 4 nitrogen and oxygen atoms in total. The highest BCUT2D eigenvalue weighted by molar-refractivity contribution is 4.74. The minimum Gasteiger partial charge on any atom is -0.311 e. The van der Waals surface area contributed by atoms with Crippen molar-refractivity contribution in [1.82, 2.24) is 0 Å². The summed E-state index contributed by atoms with van der Waals surface area (Å²) in [6.45, 7) is 4.31. The standard InChI is InChI=1S/C8H15NO3/c1-6-3-4-8(5-7(6)2)12-9(10)11/h6-8H,3-5H2,1-2H3. The van der Waals surface area contributed by atoms with Crippen molar-refractivity contribution in [3.63, 3.8) is 0 Å². The molecule has 1 aliphatic rings. The summed E-state index contributed by atoms with van der Waals surface area (Å²) < 4.78 is 0. The van der Waals surface area contributed by atoms with Crippen LogP contribution in [-0.4, -0.2) is 11.2 Å². The first-order chi connectivity index (χ1) is 5.59. The largest absolute Gasteiger partial charge is 0.311 e. The van der Waals surface area contributed by atoms with Crippen LogP contribution in [0.2, 0.25) is 0 Å². The molecule has 0 heterocycles. The number of rotatable bonds is 2. The zero-order valence-electron chi connectivity index (χ0n) is 7.53. The van der Waals surface area contributed by atoms with Gasteiger partial charge in [-0.05, 0) is 31.1 Å². The van der Waals surface area contributed by atoms with E-state index < -0.39 is 5.09 Å². The molecule has 1 aliphatic carbocycles. The number of hydrogen-bond acceptors (Lipinski definition) is 3. The van der Waals surface area contributed by atoms with Crippen molar-refractivity contribution in [2.75, 3.05) is 0 Å². The molecule has 0 aromatic carbocycles. The second-order valence-corrected chi connectivity index (χ2v) is 3.72. The Hall–Kier alpha value is -0.800. The molecule has 0 aromatic heterocycles. The van der Waals surface area contributed by atoms with Crippen molar-refractivity contribution >= 4 is 0 Å². The highest BCUT2D eigenvalue weighted by Crippen LogP contribution is 2.30. The molecule has 0 bridgehead atoms. The molecule has 0 radical (unpaired) electrons. The second kappa shape index (κ2) is 3.74. The van der Waals surface area contributed by atoms with Gasteiger partial charge in [0.15, 0.2) is 0 Å². The predicted molar refractivity (Wildman–Crippen MR) is 44.0 cm³/mol. The molecular weight excluding hydrogens is 158 g/mol. The summed E-state index contributed by atoms with van der Waals surface area (Å²) in [5.41, 5.74) is 0. The molecule has 0 spiro atoms. The van der Waals surface area contributed by atoms with Gasteiger partial charge in [-0.25, -0.2) is 0 Å². The summed E-state index contributed by atoms with van der Waals surface area (Å²) in [5, 5.41) is 9.37. The maximum atomic E-state index is 10.0. The summed E-state index contributed by atoms with van der Waals surface area (Å²) >= 11 is 0. The Bertz CT molecular complexity index is 172. The van der Waals surface area contributed by atoms with Gasteiger partial charge < -0.3 is 4.84 Å². The van der Waals surface area contributed by atoms with Crippen molar-refractivity contribution in [1.29, 1.82) is 0 Å². The van der Waals surface area contributed by atoms with Crippen molar-refractivity contribution in [2.45, 2.75) is 39.2 Å². The van der Waals surface area contributed by atoms with E-state index in [1.165, 1.54) is 0 Å². The normalized spacial score (nSPS) is 36.0. The van der Waals surface area contributed by atoms with Crippen LogP contribution in [0.4, 0.5) is 0 Å². The summed E-state index contributed by atoms with van der Waals surface area (Å²) in [5.74, 6) is 1.22. The lowest BCUT2D eigenvalue weighted by Crippen LogP contribution is -2.28. The Morgan fingerprint density at radius 1 is 1.33 bits per heavy atom. The topological polar surface area (TPSA) is 52.4 Å². The molecule has 1 rings (SSSR count). The van der Waals surface area contributed by atoms with Gasteiger partial charge in [0.2, 0.25) is 0 Å². The van der Waals surface area contributed by atoms with Gasteiger partial charge in [-0.15, -0.1) is 10.1 Å². The summed E-state index contributed by atoms with van der Waals surface area (Å²) in [7, 11) is 0. The average Bonchev–Trinajstić information content (AvgIpc) is 1.96. The van der Waals surface area contributed by atoms with Crippen LogP contribution in [0.15, 0.2) is 0 Å². The Labute approximate surface area is 72.0 Å². The van der Waals surface area contributed by atoms with Gasteiger partial charge in [-0.2, -0.15) is 0 Å². The molecule has 4 heteroatoms. The Morgan fingerprint density at radius 2 is 2.00 bits per heavy atom. The van der Waals surface area contributed by atoms with Crippen LogP contribution in [0.3, 0.4) is 0 Å². The van der Waals surface area contributed by atoms with Crippen LogP contribution in [0.1, 0.15) is 33.1 Å². The fraction of sp³-hybridized carbons (Fsp3) is 1.00. The fourth-order valence-corrected chi connectivity index (χ4v) is 1.72. The monoisotopic (exact) mass is 173 g/mol. The van der Waals surface area contributed by atoms with Crippen LogP contribution in [0.25, 0.3) is 0 Å². The summed E-state index contributed by atoms with van der Waals surface area (Å²) in [6.07, 6.45) is 2.53. The van der Waals surface area contributed by atoms with E-state index in [1.54, 1.807) is 0 Å². The third kappa shape index (κ3) is 2.36. The van der Waals surface area contributed by atoms with Crippen LogP contribution in [-0.2, 0) is 4.84 Å². The van der Waals surface area contributed by atoms with Crippen molar-refractivity contribution in [3.05, 3.63) is 10.1 Å². The van der Waals surface area contributed by atoms with Crippen LogP contribution in [0, 0.1) is 22.0 Å². The van der Waals surface area contributed by atoms with Gasteiger partial charge in [0.05, 0.1) is 0 Å². The molecule has 0 aromatic rings. The lowest BCUT2D eigenvalue weighted by molar-refractivity contribution is -0.769. The van der Waals surface area contributed by atoms with Gasteiger partial charge in [-0.1, -0.05) is 13.8 Å². The van der Waals surface area contributed by atoms with E-state index in [4.69, 9.17) is 0 Å². The molecule has 1 saturated carbocycles. The molecule has 3 atom stereocenters. The molecular formula is C8H15NO3. The quantitative estimate of drug-likeness (QED) is 0.474. The maximum Gasteiger partial charge on any atom is 0.294 e. The Balaban J connectivity index is 2.35. The highest BCUT2D eigenvalue weighted by atomic mass is 17.0. The Kier molecular flexibility index (Phi) is 2.89. The second-order valence-electron chi connectivity index (χ2n) is 3.72. The molecule has 0 aliphatic heterocycles. The minimum atomic E-state index is -0.673. The lowest BCUT2D eigenvalue weighted by atomic mass is 9.80. The molecule has 12 heavy (non-hydrogen) atoms. The van der Waals surface area contributed by atoms with Gasteiger partial charge >= 0.3 is 0 Å². The van der Waals surface area contributed by atoms with E-state index in [-0.39, 0.29) is 6.10 Å². The van der Waals surface area contributed by atoms with Crippen molar-refractivity contribution in [3.8, 4) is 0 Å². The lowest BCUT2D eigenvalue weighted by Gasteiger charge is -2.30. The van der Waals surface area contributed by atoms with E-state index in [0.717, 1.165) is 19.3 Å². The van der Waals surface area contributed by atoms with E-state index in [2.05, 4.69) is 18.7 Å².